The molecule has 1 aromatic heterocycles. The summed E-state index contributed by atoms with van der Waals surface area (Å²) in [5, 5.41) is 9.81. The topological polar surface area (TPSA) is 75.6 Å². The van der Waals surface area contributed by atoms with E-state index in [1.54, 1.807) is 25.0 Å². The first kappa shape index (κ1) is 16.8. The van der Waals surface area contributed by atoms with Gasteiger partial charge in [-0.15, -0.1) is 0 Å². The molecule has 1 atom stereocenters. The van der Waals surface area contributed by atoms with Crippen LogP contribution in [0.1, 0.15) is 41.3 Å². The lowest BCUT2D eigenvalue weighted by Gasteiger charge is -2.41. The zero-order valence-corrected chi connectivity index (χ0v) is 13.6. The number of ether oxygens (including phenoxy) is 1. The Morgan fingerprint density at radius 1 is 1.45 bits per heavy atom. The van der Waals surface area contributed by atoms with Gasteiger partial charge >= 0.3 is 0 Å². The minimum Gasteiger partial charge on any atom is -0.396 e. The quantitative estimate of drug-likeness (QED) is 0.888. The smallest absolute Gasteiger partial charge is 0.272 e. The normalized spacial score (nSPS) is 21.9. The summed E-state index contributed by atoms with van der Waals surface area (Å²) in [4.78, 5) is 23.0. The third-order valence-corrected chi connectivity index (χ3v) is 4.31. The van der Waals surface area contributed by atoms with Crippen molar-refractivity contribution in [3.05, 3.63) is 23.3 Å². The van der Waals surface area contributed by atoms with Crippen molar-refractivity contribution in [2.75, 3.05) is 33.4 Å². The molecule has 0 spiro atoms. The third-order valence-electron chi connectivity index (χ3n) is 4.31. The third kappa shape index (κ3) is 3.81. The van der Waals surface area contributed by atoms with E-state index in [9.17, 15) is 9.90 Å². The number of nitrogens with zero attached hydrogens (tertiary/aromatic N) is 3. The van der Waals surface area contributed by atoms with Gasteiger partial charge < -0.3 is 14.7 Å². The summed E-state index contributed by atoms with van der Waals surface area (Å²) in [5.41, 5.74) is 0.965. The van der Waals surface area contributed by atoms with Crippen molar-refractivity contribution in [1.29, 1.82) is 0 Å². The molecule has 22 heavy (non-hydrogen) atoms. The van der Waals surface area contributed by atoms with E-state index in [1.165, 1.54) is 0 Å². The summed E-state index contributed by atoms with van der Waals surface area (Å²) >= 11 is 0. The largest absolute Gasteiger partial charge is 0.396 e. The molecular formula is C16H25N3O3. The van der Waals surface area contributed by atoms with E-state index in [-0.39, 0.29) is 17.9 Å². The minimum atomic E-state index is -0.263. The van der Waals surface area contributed by atoms with E-state index in [2.05, 4.69) is 9.97 Å². The molecule has 1 aromatic rings. The summed E-state index contributed by atoms with van der Waals surface area (Å²) in [6.07, 6.45) is 2.56. The van der Waals surface area contributed by atoms with Crippen molar-refractivity contribution >= 4 is 5.91 Å². The number of amides is 1. The molecule has 1 unspecified atom stereocenters. The van der Waals surface area contributed by atoms with E-state index < -0.39 is 0 Å². The number of rotatable bonds is 5. The highest BCUT2D eigenvalue weighted by atomic mass is 16.5. The Morgan fingerprint density at radius 2 is 2.23 bits per heavy atom. The molecule has 1 N–H and O–H groups in total. The molecule has 1 amide bonds. The van der Waals surface area contributed by atoms with Crippen LogP contribution < -0.4 is 0 Å². The van der Waals surface area contributed by atoms with Crippen LogP contribution in [0, 0.1) is 19.3 Å². The highest BCUT2D eigenvalue weighted by Gasteiger charge is 2.37. The van der Waals surface area contributed by atoms with Gasteiger partial charge in [0, 0.05) is 37.9 Å². The Kier molecular flexibility index (Phi) is 5.47. The molecule has 1 saturated heterocycles. The molecule has 0 saturated carbocycles. The van der Waals surface area contributed by atoms with Gasteiger partial charge in [0.1, 0.15) is 11.5 Å². The highest BCUT2D eigenvalue weighted by molar-refractivity contribution is 5.92. The van der Waals surface area contributed by atoms with E-state index >= 15 is 0 Å². The average molecular weight is 307 g/mol. The van der Waals surface area contributed by atoms with Gasteiger partial charge in [0.15, 0.2) is 0 Å². The zero-order chi connectivity index (χ0) is 16.2. The molecule has 0 aromatic carbocycles. The Labute approximate surface area is 131 Å². The summed E-state index contributed by atoms with van der Waals surface area (Å²) < 4.78 is 5.15. The molecule has 0 radical (unpaired) electrons. The first-order chi connectivity index (χ1) is 10.5. The molecule has 0 bridgehead atoms. The SMILES string of the molecule is COCCC1(CO)CCCN(C(=O)c2cc(C)nc(C)n2)C1. The first-order valence-corrected chi connectivity index (χ1v) is 7.71. The molecule has 1 aliphatic heterocycles. The summed E-state index contributed by atoms with van der Waals surface area (Å²) in [6.45, 7) is 5.56. The fourth-order valence-corrected chi connectivity index (χ4v) is 3.10. The average Bonchev–Trinajstić information content (AvgIpc) is 2.51. The van der Waals surface area contributed by atoms with Gasteiger partial charge in [0.05, 0.1) is 6.61 Å². The van der Waals surface area contributed by atoms with E-state index in [0.717, 1.165) is 25.0 Å². The summed E-state index contributed by atoms with van der Waals surface area (Å²) in [7, 11) is 1.66. The van der Waals surface area contributed by atoms with Gasteiger partial charge in [0.2, 0.25) is 0 Å². The van der Waals surface area contributed by atoms with Gasteiger partial charge in [-0.25, -0.2) is 9.97 Å². The number of hydrogen-bond donors (Lipinski definition) is 1. The Morgan fingerprint density at radius 3 is 2.86 bits per heavy atom. The monoisotopic (exact) mass is 307 g/mol. The second kappa shape index (κ2) is 7.15. The molecule has 1 aliphatic rings. The van der Waals surface area contributed by atoms with Crippen molar-refractivity contribution in [3.8, 4) is 0 Å². The van der Waals surface area contributed by atoms with Crippen LogP contribution in [-0.4, -0.2) is 59.3 Å². The Hall–Kier alpha value is -1.53. The highest BCUT2D eigenvalue weighted by Crippen LogP contribution is 2.33. The van der Waals surface area contributed by atoms with Gasteiger partial charge in [-0.3, -0.25) is 4.79 Å². The number of aryl methyl sites for hydroxylation is 2. The fraction of sp³-hybridized carbons (Fsp3) is 0.688. The zero-order valence-electron chi connectivity index (χ0n) is 13.6. The van der Waals surface area contributed by atoms with Gasteiger partial charge in [-0.2, -0.15) is 0 Å². The second-order valence-corrected chi connectivity index (χ2v) is 6.17. The number of likely N-dealkylation sites (tertiary alicyclic amines) is 1. The van der Waals surface area contributed by atoms with Crippen molar-refractivity contribution in [1.82, 2.24) is 14.9 Å². The van der Waals surface area contributed by atoms with Crippen LogP contribution in [0.25, 0.3) is 0 Å². The van der Waals surface area contributed by atoms with E-state index in [1.807, 2.05) is 6.92 Å². The summed E-state index contributed by atoms with van der Waals surface area (Å²) in [5.74, 6) is 0.525. The van der Waals surface area contributed by atoms with Gasteiger partial charge in [0.25, 0.3) is 5.91 Å². The molecule has 122 valence electrons. The van der Waals surface area contributed by atoms with Crippen molar-refractivity contribution in [2.45, 2.75) is 33.1 Å². The van der Waals surface area contributed by atoms with E-state index in [4.69, 9.17) is 4.74 Å². The first-order valence-electron chi connectivity index (χ1n) is 7.71. The van der Waals surface area contributed by atoms with Crippen LogP contribution in [0.4, 0.5) is 0 Å². The second-order valence-electron chi connectivity index (χ2n) is 6.17. The number of aliphatic hydroxyl groups is 1. The van der Waals surface area contributed by atoms with Gasteiger partial charge in [-0.1, -0.05) is 0 Å². The molecule has 6 heteroatoms. The molecule has 1 fully saturated rings. The standard InChI is InChI=1S/C16H25N3O3/c1-12-9-14(18-13(2)17-12)15(21)19-7-4-5-16(10-19,11-20)6-8-22-3/h9,20H,4-8,10-11H2,1-3H3. The molecule has 0 aliphatic carbocycles. The number of aliphatic hydroxyl groups excluding tert-OH is 1. The number of hydrogen-bond acceptors (Lipinski definition) is 5. The Bertz CT molecular complexity index is 515. The van der Waals surface area contributed by atoms with Crippen LogP contribution in [0.5, 0.6) is 0 Å². The predicted molar refractivity (Wildman–Crippen MR) is 82.7 cm³/mol. The van der Waals surface area contributed by atoms with Gasteiger partial charge in [-0.05, 0) is 39.2 Å². The van der Waals surface area contributed by atoms with Crippen LogP contribution in [0.15, 0.2) is 6.07 Å². The number of methoxy groups -OCH3 is 1. The molecular weight excluding hydrogens is 282 g/mol. The lowest BCUT2D eigenvalue weighted by Crippen LogP contribution is -2.48. The Balaban J connectivity index is 2.15. The van der Waals surface area contributed by atoms with Crippen LogP contribution in [0.2, 0.25) is 0 Å². The molecule has 2 rings (SSSR count). The number of carbonyl (C=O) groups is 1. The predicted octanol–water partition coefficient (Wildman–Crippen LogP) is 1.34. The summed E-state index contributed by atoms with van der Waals surface area (Å²) in [6, 6.07) is 1.72. The number of carbonyl (C=O) groups excluding carboxylic acids is 1. The number of piperidine rings is 1. The molecule has 2 heterocycles. The lowest BCUT2D eigenvalue weighted by atomic mass is 9.78. The molecule has 6 nitrogen and oxygen atoms in total. The van der Waals surface area contributed by atoms with Crippen molar-refractivity contribution in [2.24, 2.45) is 5.41 Å². The van der Waals surface area contributed by atoms with Crippen molar-refractivity contribution in [3.63, 3.8) is 0 Å². The van der Waals surface area contributed by atoms with E-state index in [0.29, 0.717) is 31.2 Å². The lowest BCUT2D eigenvalue weighted by molar-refractivity contribution is 0.00871. The van der Waals surface area contributed by atoms with Crippen LogP contribution in [-0.2, 0) is 4.74 Å². The minimum absolute atomic E-state index is 0.0714. The fourth-order valence-electron chi connectivity index (χ4n) is 3.10. The number of aromatic nitrogens is 2. The van der Waals surface area contributed by atoms with Crippen LogP contribution >= 0.6 is 0 Å². The van der Waals surface area contributed by atoms with Crippen molar-refractivity contribution < 1.29 is 14.6 Å². The maximum atomic E-state index is 12.7. The maximum Gasteiger partial charge on any atom is 0.272 e. The van der Waals surface area contributed by atoms with Crippen LogP contribution in [0.3, 0.4) is 0 Å². The maximum absolute atomic E-state index is 12.7.